The Kier molecular flexibility index (Phi) is 2.87. The van der Waals surface area contributed by atoms with E-state index in [2.05, 4.69) is 10.3 Å². The number of carbonyl (C=O) groups is 1. The third kappa shape index (κ3) is 2.09. The zero-order valence-electron chi connectivity index (χ0n) is 10.5. The molecule has 1 amide bonds. The number of halogens is 1. The number of anilines is 2. The molecule has 4 nitrogen and oxygen atoms in total. The minimum absolute atomic E-state index is 0.00160. The Labute approximate surface area is 114 Å². The topological polar surface area (TPSA) is 70.9 Å². The number of benzene rings is 2. The Hall–Kier alpha value is -2.82. The van der Waals surface area contributed by atoms with Gasteiger partial charge in [0, 0.05) is 22.8 Å². The van der Waals surface area contributed by atoms with Gasteiger partial charge in [-0.05, 0) is 24.3 Å². The fourth-order valence-corrected chi connectivity index (χ4v) is 2.08. The molecule has 2 aromatic carbocycles. The summed E-state index contributed by atoms with van der Waals surface area (Å²) < 4.78 is 13.1. The van der Waals surface area contributed by atoms with Crippen LogP contribution in [0.1, 0.15) is 10.4 Å². The Balaban J connectivity index is 1.91. The van der Waals surface area contributed by atoms with Gasteiger partial charge in [-0.15, -0.1) is 0 Å². The van der Waals surface area contributed by atoms with Gasteiger partial charge in [0.1, 0.15) is 5.82 Å². The average molecular weight is 269 g/mol. The molecule has 0 radical (unpaired) electrons. The quantitative estimate of drug-likeness (QED) is 0.625. The molecule has 0 atom stereocenters. The highest BCUT2D eigenvalue weighted by Crippen LogP contribution is 2.21. The van der Waals surface area contributed by atoms with Gasteiger partial charge >= 0.3 is 0 Å². The first-order valence-corrected chi connectivity index (χ1v) is 6.07. The van der Waals surface area contributed by atoms with Crippen LogP contribution in [0.25, 0.3) is 10.9 Å². The molecule has 0 aliphatic heterocycles. The molecule has 0 saturated carbocycles. The van der Waals surface area contributed by atoms with Crippen molar-refractivity contribution in [3.05, 3.63) is 60.0 Å². The van der Waals surface area contributed by atoms with Gasteiger partial charge in [0.2, 0.25) is 0 Å². The number of aromatic amines is 1. The number of carbonyl (C=O) groups excluding carboxylic acids is 1. The lowest BCUT2D eigenvalue weighted by Gasteiger charge is -2.05. The third-order valence-electron chi connectivity index (χ3n) is 3.09. The molecule has 0 bridgehead atoms. The second kappa shape index (κ2) is 4.70. The fraction of sp³-hybridized carbons (Fsp3) is 0. The van der Waals surface area contributed by atoms with Crippen molar-refractivity contribution in [2.45, 2.75) is 0 Å². The van der Waals surface area contributed by atoms with Crippen LogP contribution in [-0.2, 0) is 0 Å². The van der Waals surface area contributed by atoms with E-state index < -0.39 is 5.82 Å². The molecule has 0 aliphatic rings. The molecule has 3 rings (SSSR count). The van der Waals surface area contributed by atoms with E-state index in [-0.39, 0.29) is 11.6 Å². The predicted molar refractivity (Wildman–Crippen MR) is 77.1 cm³/mol. The molecule has 3 aromatic rings. The Morgan fingerprint density at radius 2 is 2.00 bits per heavy atom. The molecule has 1 aromatic heterocycles. The summed E-state index contributed by atoms with van der Waals surface area (Å²) in [5, 5.41) is 3.53. The number of H-pyrrole nitrogens is 1. The van der Waals surface area contributed by atoms with Gasteiger partial charge in [0.05, 0.1) is 11.3 Å². The number of hydrogen-bond acceptors (Lipinski definition) is 2. The van der Waals surface area contributed by atoms with Gasteiger partial charge in [-0.25, -0.2) is 4.39 Å². The van der Waals surface area contributed by atoms with Crippen LogP contribution < -0.4 is 11.1 Å². The largest absolute Gasteiger partial charge is 0.396 e. The number of aromatic nitrogens is 1. The van der Waals surface area contributed by atoms with Gasteiger partial charge in [0.25, 0.3) is 5.91 Å². The summed E-state index contributed by atoms with van der Waals surface area (Å²) >= 11 is 0. The zero-order chi connectivity index (χ0) is 14.1. The van der Waals surface area contributed by atoms with Gasteiger partial charge in [-0.3, -0.25) is 4.79 Å². The van der Waals surface area contributed by atoms with Crippen molar-refractivity contribution in [3.8, 4) is 0 Å². The second-order valence-corrected chi connectivity index (χ2v) is 4.44. The van der Waals surface area contributed by atoms with Crippen LogP contribution in [0.15, 0.2) is 48.7 Å². The number of nitrogens with two attached hydrogens (primary N) is 1. The Bertz CT molecular complexity index is 795. The lowest BCUT2D eigenvalue weighted by atomic mass is 10.1. The van der Waals surface area contributed by atoms with Crippen LogP contribution in [-0.4, -0.2) is 10.9 Å². The van der Waals surface area contributed by atoms with Crippen molar-refractivity contribution >= 4 is 28.2 Å². The van der Waals surface area contributed by atoms with E-state index in [1.807, 2.05) is 24.3 Å². The molecule has 0 fully saturated rings. The summed E-state index contributed by atoms with van der Waals surface area (Å²) in [4.78, 5) is 15.2. The molecule has 0 spiro atoms. The SMILES string of the molecule is Nc1cc(NC(=O)c2c[nH]c3ccccc23)ccc1F. The van der Waals surface area contributed by atoms with Crippen LogP contribution in [0, 0.1) is 5.82 Å². The highest BCUT2D eigenvalue weighted by molar-refractivity contribution is 6.12. The van der Waals surface area contributed by atoms with E-state index in [9.17, 15) is 9.18 Å². The summed E-state index contributed by atoms with van der Waals surface area (Å²) in [6.45, 7) is 0. The highest BCUT2D eigenvalue weighted by Gasteiger charge is 2.12. The Morgan fingerprint density at radius 3 is 2.80 bits per heavy atom. The van der Waals surface area contributed by atoms with E-state index in [0.717, 1.165) is 10.9 Å². The van der Waals surface area contributed by atoms with Crippen LogP contribution in [0.4, 0.5) is 15.8 Å². The molecule has 0 aliphatic carbocycles. The first kappa shape index (κ1) is 12.2. The third-order valence-corrected chi connectivity index (χ3v) is 3.09. The molecule has 5 heteroatoms. The van der Waals surface area contributed by atoms with E-state index in [0.29, 0.717) is 11.3 Å². The lowest BCUT2D eigenvalue weighted by molar-refractivity contribution is 0.102. The monoisotopic (exact) mass is 269 g/mol. The maximum absolute atomic E-state index is 13.1. The van der Waals surface area contributed by atoms with Crippen molar-refractivity contribution in [2.24, 2.45) is 0 Å². The van der Waals surface area contributed by atoms with Gasteiger partial charge in [-0.1, -0.05) is 18.2 Å². The number of fused-ring (bicyclic) bond motifs is 1. The first-order chi connectivity index (χ1) is 9.65. The normalized spacial score (nSPS) is 10.7. The van der Waals surface area contributed by atoms with Crippen molar-refractivity contribution in [2.75, 3.05) is 11.1 Å². The van der Waals surface area contributed by atoms with Crippen molar-refractivity contribution in [1.82, 2.24) is 4.98 Å². The molecular formula is C15H12FN3O. The van der Waals surface area contributed by atoms with Crippen molar-refractivity contribution < 1.29 is 9.18 Å². The second-order valence-electron chi connectivity index (χ2n) is 4.44. The van der Waals surface area contributed by atoms with Crippen LogP contribution in [0.2, 0.25) is 0 Å². The van der Waals surface area contributed by atoms with Crippen molar-refractivity contribution in [3.63, 3.8) is 0 Å². The predicted octanol–water partition coefficient (Wildman–Crippen LogP) is 3.14. The zero-order valence-corrected chi connectivity index (χ0v) is 10.5. The summed E-state index contributed by atoms with van der Waals surface area (Å²) in [6, 6.07) is 11.6. The Morgan fingerprint density at radius 1 is 1.20 bits per heavy atom. The smallest absolute Gasteiger partial charge is 0.257 e. The number of nitrogens with one attached hydrogen (secondary N) is 2. The molecule has 20 heavy (non-hydrogen) atoms. The van der Waals surface area contributed by atoms with E-state index in [4.69, 9.17) is 5.73 Å². The first-order valence-electron chi connectivity index (χ1n) is 6.07. The fourth-order valence-electron chi connectivity index (χ4n) is 2.08. The number of hydrogen-bond donors (Lipinski definition) is 3. The standard InChI is InChI=1S/C15H12FN3O/c16-12-6-5-9(7-13(12)17)19-15(20)11-8-18-14-4-2-1-3-10(11)14/h1-8,18H,17H2,(H,19,20). The minimum atomic E-state index is -0.505. The van der Waals surface area contributed by atoms with Crippen LogP contribution >= 0.6 is 0 Å². The summed E-state index contributed by atoms with van der Waals surface area (Å²) in [5.74, 6) is -0.774. The van der Waals surface area contributed by atoms with Gasteiger partial charge < -0.3 is 16.0 Å². The summed E-state index contributed by atoms with van der Waals surface area (Å²) in [7, 11) is 0. The minimum Gasteiger partial charge on any atom is -0.396 e. The van der Waals surface area contributed by atoms with E-state index >= 15 is 0 Å². The van der Waals surface area contributed by atoms with Crippen LogP contribution in [0.5, 0.6) is 0 Å². The summed E-state index contributed by atoms with van der Waals surface area (Å²) in [5.41, 5.74) is 7.35. The molecule has 100 valence electrons. The molecule has 1 heterocycles. The lowest BCUT2D eigenvalue weighted by Crippen LogP contribution is -2.11. The van der Waals surface area contributed by atoms with Crippen LogP contribution in [0.3, 0.4) is 0 Å². The van der Waals surface area contributed by atoms with E-state index in [1.165, 1.54) is 18.2 Å². The maximum Gasteiger partial charge on any atom is 0.257 e. The molecule has 4 N–H and O–H groups in total. The average Bonchev–Trinajstić information content (AvgIpc) is 2.87. The van der Waals surface area contributed by atoms with E-state index in [1.54, 1.807) is 6.20 Å². The number of nitrogen functional groups attached to an aromatic ring is 1. The highest BCUT2D eigenvalue weighted by atomic mass is 19.1. The van der Waals surface area contributed by atoms with Gasteiger partial charge in [0.15, 0.2) is 0 Å². The molecule has 0 saturated heterocycles. The summed E-state index contributed by atoms with van der Waals surface area (Å²) in [6.07, 6.45) is 1.65. The van der Waals surface area contributed by atoms with Crippen molar-refractivity contribution in [1.29, 1.82) is 0 Å². The molecule has 0 unspecified atom stereocenters. The number of amides is 1. The number of rotatable bonds is 2. The number of para-hydroxylation sites is 1. The maximum atomic E-state index is 13.1. The molecular weight excluding hydrogens is 257 g/mol. The van der Waals surface area contributed by atoms with Gasteiger partial charge in [-0.2, -0.15) is 0 Å².